The molecule has 0 unspecified atom stereocenters. The van der Waals surface area contributed by atoms with Crippen LogP contribution in [0.25, 0.3) is 0 Å². The summed E-state index contributed by atoms with van der Waals surface area (Å²) < 4.78 is 0. The highest BCUT2D eigenvalue weighted by Gasteiger charge is 2.04. The number of rotatable bonds is 4. The molecular formula is C15H17N3O. The zero-order valence-corrected chi connectivity index (χ0v) is 11.4. The summed E-state index contributed by atoms with van der Waals surface area (Å²) in [6.07, 6.45) is 0.688. The van der Waals surface area contributed by atoms with Gasteiger partial charge < -0.3 is 4.84 Å². The van der Waals surface area contributed by atoms with Crippen LogP contribution in [0.3, 0.4) is 0 Å². The molecule has 2 rings (SSSR count). The topological polar surface area (TPSA) is 47.4 Å². The van der Waals surface area contributed by atoms with Gasteiger partial charge in [0.25, 0.3) is 5.88 Å². The minimum Gasteiger partial charge on any atom is -0.337 e. The van der Waals surface area contributed by atoms with Gasteiger partial charge in [-0.15, -0.1) is 0 Å². The molecule has 0 N–H and O–H groups in total. The Bertz CT molecular complexity index is 575. The number of benzene rings is 1. The summed E-state index contributed by atoms with van der Waals surface area (Å²) in [5.74, 6) is 1.23. The van der Waals surface area contributed by atoms with Gasteiger partial charge in [-0.3, -0.25) is 0 Å². The molecule has 4 heteroatoms. The van der Waals surface area contributed by atoms with E-state index in [-0.39, 0.29) is 0 Å². The molecule has 0 saturated heterocycles. The van der Waals surface area contributed by atoms with Crippen LogP contribution in [0.4, 0.5) is 0 Å². The maximum absolute atomic E-state index is 5.26. The highest BCUT2D eigenvalue weighted by Crippen LogP contribution is 2.12. The summed E-state index contributed by atoms with van der Waals surface area (Å²) in [5, 5.41) is 3.91. The molecule has 0 aliphatic rings. The maximum atomic E-state index is 5.26. The molecule has 0 radical (unpaired) electrons. The van der Waals surface area contributed by atoms with Crippen molar-refractivity contribution in [3.63, 3.8) is 0 Å². The summed E-state index contributed by atoms with van der Waals surface area (Å²) in [6, 6.07) is 11.9. The molecule has 1 aromatic carbocycles. The van der Waals surface area contributed by atoms with E-state index in [4.69, 9.17) is 4.84 Å². The van der Waals surface area contributed by atoms with Crippen molar-refractivity contribution in [1.82, 2.24) is 9.97 Å². The van der Waals surface area contributed by atoms with E-state index in [1.54, 1.807) is 6.07 Å². The van der Waals surface area contributed by atoms with E-state index in [0.717, 1.165) is 17.2 Å². The van der Waals surface area contributed by atoms with E-state index in [0.29, 0.717) is 12.3 Å². The lowest BCUT2D eigenvalue weighted by Gasteiger charge is -2.04. The molecule has 1 heterocycles. The third-order valence-corrected chi connectivity index (χ3v) is 2.40. The summed E-state index contributed by atoms with van der Waals surface area (Å²) in [5.41, 5.74) is 2.90. The smallest absolute Gasteiger partial charge is 0.252 e. The number of oxime groups is 1. The van der Waals surface area contributed by atoms with Crippen LogP contribution in [0.15, 0.2) is 41.6 Å². The summed E-state index contributed by atoms with van der Waals surface area (Å²) >= 11 is 0. The Morgan fingerprint density at radius 2 is 1.89 bits per heavy atom. The van der Waals surface area contributed by atoms with E-state index in [9.17, 15) is 0 Å². The molecular weight excluding hydrogens is 238 g/mol. The molecule has 0 spiro atoms. The standard InChI is InChI=1S/C15H17N3O/c1-11(2)18-19-15-9-12(3)16-14(17-15)10-13-7-5-4-6-8-13/h4-9H,10H2,1-3H3. The molecule has 0 aliphatic heterocycles. The fourth-order valence-corrected chi connectivity index (χ4v) is 1.64. The van der Waals surface area contributed by atoms with Gasteiger partial charge in [0.2, 0.25) is 0 Å². The van der Waals surface area contributed by atoms with E-state index >= 15 is 0 Å². The molecule has 1 aromatic heterocycles. The summed E-state index contributed by atoms with van der Waals surface area (Å²) in [6.45, 7) is 5.67. The first-order valence-electron chi connectivity index (χ1n) is 6.20. The van der Waals surface area contributed by atoms with Crippen LogP contribution < -0.4 is 4.84 Å². The largest absolute Gasteiger partial charge is 0.337 e. The van der Waals surface area contributed by atoms with Crippen molar-refractivity contribution in [2.45, 2.75) is 27.2 Å². The van der Waals surface area contributed by atoms with Crippen LogP contribution in [-0.4, -0.2) is 15.7 Å². The van der Waals surface area contributed by atoms with Crippen LogP contribution in [0.2, 0.25) is 0 Å². The van der Waals surface area contributed by atoms with Gasteiger partial charge in [-0.05, 0) is 26.3 Å². The van der Waals surface area contributed by atoms with Crippen LogP contribution in [0.5, 0.6) is 5.88 Å². The van der Waals surface area contributed by atoms with Crippen molar-refractivity contribution in [2.75, 3.05) is 0 Å². The van der Waals surface area contributed by atoms with Crippen LogP contribution in [0.1, 0.15) is 30.9 Å². The molecule has 0 fully saturated rings. The third-order valence-electron chi connectivity index (χ3n) is 2.40. The Morgan fingerprint density at radius 3 is 2.58 bits per heavy atom. The fraction of sp³-hybridized carbons (Fsp3) is 0.267. The maximum Gasteiger partial charge on any atom is 0.252 e. The Morgan fingerprint density at radius 1 is 1.16 bits per heavy atom. The first-order chi connectivity index (χ1) is 9.13. The molecule has 0 amide bonds. The van der Waals surface area contributed by atoms with E-state index in [2.05, 4.69) is 27.3 Å². The summed E-state index contributed by atoms with van der Waals surface area (Å²) in [4.78, 5) is 14.0. The molecule has 0 aliphatic carbocycles. The minimum atomic E-state index is 0.486. The number of nitrogens with zero attached hydrogens (tertiary/aromatic N) is 3. The van der Waals surface area contributed by atoms with Gasteiger partial charge in [0.1, 0.15) is 5.82 Å². The second-order valence-corrected chi connectivity index (χ2v) is 4.56. The fourth-order valence-electron chi connectivity index (χ4n) is 1.64. The van der Waals surface area contributed by atoms with Gasteiger partial charge in [0.05, 0.1) is 5.71 Å². The first-order valence-corrected chi connectivity index (χ1v) is 6.20. The van der Waals surface area contributed by atoms with Crippen LogP contribution in [0, 0.1) is 6.92 Å². The second-order valence-electron chi connectivity index (χ2n) is 4.56. The van der Waals surface area contributed by atoms with Gasteiger partial charge in [-0.1, -0.05) is 35.5 Å². The average molecular weight is 255 g/mol. The monoisotopic (exact) mass is 255 g/mol. The number of aryl methyl sites for hydroxylation is 1. The zero-order chi connectivity index (χ0) is 13.7. The van der Waals surface area contributed by atoms with Gasteiger partial charge in [0, 0.05) is 18.2 Å². The quantitative estimate of drug-likeness (QED) is 0.623. The van der Waals surface area contributed by atoms with E-state index in [1.807, 2.05) is 39.0 Å². The van der Waals surface area contributed by atoms with Crippen molar-refractivity contribution in [3.8, 4) is 5.88 Å². The SMILES string of the molecule is CC(C)=NOc1cc(C)nc(Cc2ccccc2)n1. The normalized spacial score (nSPS) is 10.1. The predicted octanol–water partition coefficient (Wildman–Crippen LogP) is 3.15. The summed E-state index contributed by atoms with van der Waals surface area (Å²) in [7, 11) is 0. The molecule has 4 nitrogen and oxygen atoms in total. The molecule has 0 saturated carbocycles. The molecule has 19 heavy (non-hydrogen) atoms. The van der Waals surface area contributed by atoms with Crippen molar-refractivity contribution in [1.29, 1.82) is 0 Å². The number of hydrogen-bond donors (Lipinski definition) is 0. The Balaban J connectivity index is 2.19. The van der Waals surface area contributed by atoms with Crippen molar-refractivity contribution in [2.24, 2.45) is 5.16 Å². The van der Waals surface area contributed by atoms with Gasteiger partial charge in [0.15, 0.2) is 0 Å². The second kappa shape index (κ2) is 6.09. The zero-order valence-electron chi connectivity index (χ0n) is 11.4. The lowest BCUT2D eigenvalue weighted by atomic mass is 10.1. The average Bonchev–Trinajstić information content (AvgIpc) is 2.37. The van der Waals surface area contributed by atoms with Crippen LogP contribution in [-0.2, 0) is 6.42 Å². The third kappa shape index (κ3) is 4.17. The Labute approximate surface area is 113 Å². The Hall–Kier alpha value is -2.23. The van der Waals surface area contributed by atoms with Gasteiger partial charge >= 0.3 is 0 Å². The van der Waals surface area contributed by atoms with Crippen molar-refractivity contribution in [3.05, 3.63) is 53.5 Å². The molecule has 0 atom stereocenters. The van der Waals surface area contributed by atoms with Crippen molar-refractivity contribution >= 4 is 5.71 Å². The molecule has 98 valence electrons. The minimum absolute atomic E-state index is 0.486. The highest BCUT2D eigenvalue weighted by molar-refractivity contribution is 5.78. The van der Waals surface area contributed by atoms with E-state index in [1.165, 1.54) is 5.56 Å². The van der Waals surface area contributed by atoms with Gasteiger partial charge in [-0.25, -0.2) is 4.98 Å². The lowest BCUT2D eigenvalue weighted by Crippen LogP contribution is -2.01. The number of hydrogen-bond acceptors (Lipinski definition) is 4. The molecule has 0 bridgehead atoms. The molecule has 2 aromatic rings. The van der Waals surface area contributed by atoms with Crippen molar-refractivity contribution < 1.29 is 4.84 Å². The van der Waals surface area contributed by atoms with Gasteiger partial charge in [-0.2, -0.15) is 4.98 Å². The first kappa shape index (κ1) is 13.2. The number of aromatic nitrogens is 2. The van der Waals surface area contributed by atoms with E-state index < -0.39 is 0 Å². The Kier molecular flexibility index (Phi) is 4.23. The predicted molar refractivity (Wildman–Crippen MR) is 75.4 cm³/mol. The van der Waals surface area contributed by atoms with Crippen LogP contribution >= 0.6 is 0 Å². The highest BCUT2D eigenvalue weighted by atomic mass is 16.6. The lowest BCUT2D eigenvalue weighted by molar-refractivity contribution is 0.324.